The molecule has 2 aromatic rings. The summed E-state index contributed by atoms with van der Waals surface area (Å²) in [6, 6.07) is 13.3. The van der Waals surface area contributed by atoms with E-state index in [4.69, 9.17) is 0 Å². The molecule has 1 fully saturated rings. The summed E-state index contributed by atoms with van der Waals surface area (Å²) in [6.45, 7) is 1.77. The molecule has 26 heavy (non-hydrogen) atoms. The summed E-state index contributed by atoms with van der Waals surface area (Å²) in [5.41, 5.74) is 1.16. The molecule has 2 heterocycles. The Labute approximate surface area is 159 Å². The van der Waals surface area contributed by atoms with Gasteiger partial charge in [0.2, 0.25) is 15.9 Å². The van der Waals surface area contributed by atoms with E-state index in [1.54, 1.807) is 17.5 Å². The number of amides is 1. The number of carbonyl (C=O) groups excluding carboxylic acids is 1. The molecule has 1 aromatic carbocycles. The summed E-state index contributed by atoms with van der Waals surface area (Å²) in [7, 11) is -3.44. The molecule has 1 aliphatic heterocycles. The maximum atomic E-state index is 12.5. The van der Waals surface area contributed by atoms with Crippen LogP contribution in [0.5, 0.6) is 0 Å². The number of carbonyl (C=O) groups is 1. The van der Waals surface area contributed by atoms with E-state index in [1.807, 2.05) is 35.2 Å². The smallest absolute Gasteiger partial charge is 0.250 e. The molecule has 1 atom stereocenters. The number of likely N-dealkylation sites (tertiary alicyclic amines) is 1. The molecule has 0 saturated carbocycles. The fourth-order valence-electron chi connectivity index (χ4n) is 3.23. The highest BCUT2D eigenvalue weighted by Crippen LogP contribution is 2.19. The maximum absolute atomic E-state index is 12.5. The van der Waals surface area contributed by atoms with E-state index in [2.05, 4.69) is 4.72 Å². The van der Waals surface area contributed by atoms with Crippen molar-refractivity contribution in [3.63, 3.8) is 0 Å². The quantitative estimate of drug-likeness (QED) is 0.788. The molecular formula is C19H24N2O3S2. The number of thiophene rings is 1. The molecule has 1 saturated heterocycles. The molecule has 1 N–H and O–H groups in total. The molecule has 0 bridgehead atoms. The summed E-state index contributed by atoms with van der Waals surface area (Å²) in [5, 5.41) is 1.75. The van der Waals surface area contributed by atoms with Gasteiger partial charge in [-0.15, -0.1) is 11.3 Å². The third-order valence-electron chi connectivity index (χ3n) is 4.66. The van der Waals surface area contributed by atoms with Gasteiger partial charge in [0.1, 0.15) is 4.21 Å². The van der Waals surface area contributed by atoms with Crippen LogP contribution in [0.2, 0.25) is 0 Å². The predicted octanol–water partition coefficient (Wildman–Crippen LogP) is 2.90. The third kappa shape index (κ3) is 5.16. The van der Waals surface area contributed by atoms with Gasteiger partial charge in [-0.25, -0.2) is 13.1 Å². The van der Waals surface area contributed by atoms with Gasteiger partial charge < -0.3 is 4.90 Å². The first kappa shape index (κ1) is 19.1. The van der Waals surface area contributed by atoms with Crippen LogP contribution in [0.25, 0.3) is 0 Å². The van der Waals surface area contributed by atoms with Crippen LogP contribution in [-0.4, -0.2) is 38.9 Å². The first-order valence-electron chi connectivity index (χ1n) is 8.89. The van der Waals surface area contributed by atoms with Gasteiger partial charge in [-0.3, -0.25) is 4.79 Å². The van der Waals surface area contributed by atoms with Crippen LogP contribution in [0.1, 0.15) is 24.8 Å². The lowest BCUT2D eigenvalue weighted by Crippen LogP contribution is -2.43. The summed E-state index contributed by atoms with van der Waals surface area (Å²) in [4.78, 5) is 14.4. The lowest BCUT2D eigenvalue weighted by molar-refractivity contribution is -0.132. The summed E-state index contributed by atoms with van der Waals surface area (Å²) < 4.78 is 27.5. The maximum Gasteiger partial charge on any atom is 0.250 e. The molecule has 1 aromatic heterocycles. The van der Waals surface area contributed by atoms with Gasteiger partial charge in [0.15, 0.2) is 0 Å². The first-order valence-corrected chi connectivity index (χ1v) is 11.3. The molecule has 0 spiro atoms. The van der Waals surface area contributed by atoms with Gasteiger partial charge in [0.25, 0.3) is 0 Å². The highest BCUT2D eigenvalue weighted by atomic mass is 32.2. The molecule has 140 valence electrons. The number of piperidine rings is 1. The first-order chi connectivity index (χ1) is 12.5. The number of rotatable bonds is 7. The van der Waals surface area contributed by atoms with Gasteiger partial charge in [-0.1, -0.05) is 36.4 Å². The zero-order valence-corrected chi connectivity index (χ0v) is 16.3. The molecule has 1 amide bonds. The number of hydrogen-bond donors (Lipinski definition) is 1. The van der Waals surface area contributed by atoms with Crippen molar-refractivity contribution in [2.75, 3.05) is 19.6 Å². The average Bonchev–Trinajstić information content (AvgIpc) is 3.21. The van der Waals surface area contributed by atoms with Crippen molar-refractivity contribution >= 4 is 27.3 Å². The second-order valence-corrected chi connectivity index (χ2v) is 9.56. The van der Waals surface area contributed by atoms with E-state index in [-0.39, 0.29) is 11.8 Å². The zero-order valence-electron chi connectivity index (χ0n) is 14.6. The van der Waals surface area contributed by atoms with Crippen LogP contribution in [0.3, 0.4) is 0 Å². The van der Waals surface area contributed by atoms with E-state index >= 15 is 0 Å². The second-order valence-electron chi connectivity index (χ2n) is 6.62. The van der Waals surface area contributed by atoms with E-state index in [9.17, 15) is 13.2 Å². The minimum atomic E-state index is -3.44. The highest BCUT2D eigenvalue weighted by molar-refractivity contribution is 7.91. The minimum absolute atomic E-state index is 0.152. The Balaban J connectivity index is 1.48. The molecular weight excluding hydrogens is 368 g/mol. The van der Waals surface area contributed by atoms with Crippen LogP contribution >= 0.6 is 11.3 Å². The second kappa shape index (κ2) is 8.79. The van der Waals surface area contributed by atoms with Crippen molar-refractivity contribution in [3.8, 4) is 0 Å². The van der Waals surface area contributed by atoms with Gasteiger partial charge in [0.05, 0.1) is 0 Å². The SMILES string of the molecule is O=C(CCc1ccccc1)N1CCCC(CNS(=O)(=O)c2cccs2)C1. The monoisotopic (exact) mass is 392 g/mol. The van der Waals surface area contributed by atoms with Crippen LogP contribution < -0.4 is 4.72 Å². The van der Waals surface area contributed by atoms with Crippen LogP contribution in [0.15, 0.2) is 52.1 Å². The number of nitrogens with zero attached hydrogens (tertiary/aromatic N) is 1. The Bertz CT molecular complexity index is 805. The van der Waals surface area contributed by atoms with Crippen molar-refractivity contribution < 1.29 is 13.2 Å². The van der Waals surface area contributed by atoms with E-state index in [0.29, 0.717) is 23.7 Å². The Morgan fingerprint density at radius 1 is 1.19 bits per heavy atom. The molecule has 7 heteroatoms. The lowest BCUT2D eigenvalue weighted by atomic mass is 9.97. The van der Waals surface area contributed by atoms with Crippen LogP contribution in [0.4, 0.5) is 0 Å². The fraction of sp³-hybridized carbons (Fsp3) is 0.421. The summed E-state index contributed by atoms with van der Waals surface area (Å²) >= 11 is 1.21. The van der Waals surface area contributed by atoms with Crippen molar-refractivity contribution in [1.29, 1.82) is 0 Å². The van der Waals surface area contributed by atoms with Crippen molar-refractivity contribution in [1.82, 2.24) is 9.62 Å². The number of benzene rings is 1. The molecule has 5 nitrogen and oxygen atoms in total. The topological polar surface area (TPSA) is 66.5 Å². The van der Waals surface area contributed by atoms with E-state index in [1.165, 1.54) is 11.3 Å². The number of aryl methyl sites for hydroxylation is 1. The Morgan fingerprint density at radius 3 is 2.73 bits per heavy atom. The molecule has 0 radical (unpaired) electrons. The van der Waals surface area contributed by atoms with E-state index < -0.39 is 10.0 Å². The molecule has 0 aliphatic carbocycles. The Hall–Kier alpha value is -1.70. The third-order valence-corrected chi connectivity index (χ3v) is 7.49. The normalized spacial score (nSPS) is 18.0. The van der Waals surface area contributed by atoms with Crippen molar-refractivity contribution in [2.45, 2.75) is 29.9 Å². The van der Waals surface area contributed by atoms with Gasteiger partial charge in [-0.05, 0) is 42.2 Å². The average molecular weight is 393 g/mol. The summed E-state index contributed by atoms with van der Waals surface area (Å²) in [5.74, 6) is 0.318. The molecule has 3 rings (SSSR count). The highest BCUT2D eigenvalue weighted by Gasteiger charge is 2.25. The predicted molar refractivity (Wildman–Crippen MR) is 104 cm³/mol. The largest absolute Gasteiger partial charge is 0.342 e. The fourth-order valence-corrected chi connectivity index (χ4v) is 5.38. The van der Waals surface area contributed by atoms with Crippen LogP contribution in [0, 0.1) is 5.92 Å². The molecule has 1 aliphatic rings. The van der Waals surface area contributed by atoms with Crippen LogP contribution in [-0.2, 0) is 21.2 Å². The standard InChI is InChI=1S/C19H24N2O3S2/c22-18(11-10-16-6-2-1-3-7-16)21-12-4-8-17(15-21)14-20-26(23,24)19-9-5-13-25-19/h1-3,5-7,9,13,17,20H,4,8,10-12,14-15H2. The minimum Gasteiger partial charge on any atom is -0.342 e. The van der Waals surface area contributed by atoms with Gasteiger partial charge in [-0.2, -0.15) is 0 Å². The van der Waals surface area contributed by atoms with Crippen molar-refractivity contribution in [2.24, 2.45) is 5.92 Å². The number of hydrogen-bond acceptors (Lipinski definition) is 4. The van der Waals surface area contributed by atoms with Gasteiger partial charge in [0, 0.05) is 26.1 Å². The summed E-state index contributed by atoms with van der Waals surface area (Å²) in [6.07, 6.45) is 3.10. The number of sulfonamides is 1. The zero-order chi connectivity index (χ0) is 18.4. The Kier molecular flexibility index (Phi) is 6.45. The lowest BCUT2D eigenvalue weighted by Gasteiger charge is -2.33. The molecule has 1 unspecified atom stereocenters. The van der Waals surface area contributed by atoms with Gasteiger partial charge >= 0.3 is 0 Å². The van der Waals surface area contributed by atoms with E-state index in [0.717, 1.165) is 31.4 Å². The van der Waals surface area contributed by atoms with Crippen molar-refractivity contribution in [3.05, 3.63) is 53.4 Å². The number of nitrogens with one attached hydrogen (secondary N) is 1. The Morgan fingerprint density at radius 2 is 2.00 bits per heavy atom.